The lowest BCUT2D eigenvalue weighted by Gasteiger charge is -2.36. The maximum absolute atomic E-state index is 12.6. The fourth-order valence-electron chi connectivity index (χ4n) is 2.78. The summed E-state index contributed by atoms with van der Waals surface area (Å²) in [7, 11) is 0. The van der Waals surface area contributed by atoms with Crippen LogP contribution in [-0.4, -0.2) is 48.0 Å². The van der Waals surface area contributed by atoms with Crippen molar-refractivity contribution in [2.75, 3.05) is 36.4 Å². The van der Waals surface area contributed by atoms with Gasteiger partial charge in [0, 0.05) is 55.5 Å². The minimum absolute atomic E-state index is 0.0440. The molecule has 1 aliphatic rings. The molecule has 124 valence electrons. The molecule has 1 aromatic heterocycles. The van der Waals surface area contributed by atoms with Crippen molar-refractivity contribution in [1.29, 1.82) is 0 Å². The van der Waals surface area contributed by atoms with E-state index < -0.39 is 6.03 Å². The molecule has 7 heteroatoms. The predicted octanol–water partition coefficient (Wildman–Crippen LogP) is 1.53. The molecule has 0 spiro atoms. The highest BCUT2D eigenvalue weighted by atomic mass is 16.2. The summed E-state index contributed by atoms with van der Waals surface area (Å²) < 4.78 is 0. The zero-order valence-corrected chi connectivity index (χ0v) is 13.2. The molecule has 0 unspecified atom stereocenters. The fourth-order valence-corrected chi connectivity index (χ4v) is 2.78. The molecule has 1 saturated heterocycles. The quantitative estimate of drug-likeness (QED) is 0.895. The van der Waals surface area contributed by atoms with Crippen LogP contribution in [0.15, 0.2) is 48.8 Å². The maximum atomic E-state index is 12.6. The number of anilines is 2. The lowest BCUT2D eigenvalue weighted by Crippen LogP contribution is -2.48. The highest BCUT2D eigenvalue weighted by molar-refractivity contribution is 5.96. The standard InChI is InChI=1S/C17H19N5O2/c18-17(24)20-14-3-1-2-13(12-14)16(23)22-10-8-21(9-11-22)15-4-6-19-7-5-15/h1-7,12H,8-11H2,(H3,18,20,24). The summed E-state index contributed by atoms with van der Waals surface area (Å²) in [6.07, 6.45) is 3.54. The molecule has 0 atom stereocenters. The minimum Gasteiger partial charge on any atom is -0.368 e. The van der Waals surface area contributed by atoms with E-state index in [9.17, 15) is 9.59 Å². The van der Waals surface area contributed by atoms with Crippen LogP contribution in [0.25, 0.3) is 0 Å². The van der Waals surface area contributed by atoms with E-state index in [0.717, 1.165) is 18.8 Å². The summed E-state index contributed by atoms with van der Waals surface area (Å²) in [5.74, 6) is -0.0440. The number of nitrogens with one attached hydrogen (secondary N) is 1. The first-order valence-corrected chi connectivity index (χ1v) is 7.74. The number of nitrogens with zero attached hydrogens (tertiary/aromatic N) is 3. The van der Waals surface area contributed by atoms with Crippen LogP contribution >= 0.6 is 0 Å². The Balaban J connectivity index is 1.64. The van der Waals surface area contributed by atoms with Gasteiger partial charge in [0.05, 0.1) is 0 Å². The van der Waals surface area contributed by atoms with Crippen molar-refractivity contribution in [3.63, 3.8) is 0 Å². The number of carbonyl (C=O) groups is 2. The Hall–Kier alpha value is -3.09. The van der Waals surface area contributed by atoms with E-state index in [1.807, 2.05) is 17.0 Å². The SMILES string of the molecule is NC(=O)Nc1cccc(C(=O)N2CCN(c3ccncc3)CC2)c1. The number of amides is 3. The monoisotopic (exact) mass is 325 g/mol. The number of urea groups is 1. The molecule has 0 radical (unpaired) electrons. The van der Waals surface area contributed by atoms with E-state index in [0.29, 0.717) is 24.3 Å². The average Bonchev–Trinajstić information content (AvgIpc) is 2.62. The first-order valence-electron chi connectivity index (χ1n) is 7.74. The first-order chi connectivity index (χ1) is 11.6. The predicted molar refractivity (Wildman–Crippen MR) is 92.0 cm³/mol. The third-order valence-electron chi connectivity index (χ3n) is 3.97. The zero-order valence-electron chi connectivity index (χ0n) is 13.2. The summed E-state index contributed by atoms with van der Waals surface area (Å²) in [4.78, 5) is 31.6. The van der Waals surface area contributed by atoms with Crippen molar-refractivity contribution in [2.45, 2.75) is 0 Å². The van der Waals surface area contributed by atoms with Gasteiger partial charge in [-0.15, -0.1) is 0 Å². The van der Waals surface area contributed by atoms with E-state index in [1.165, 1.54) is 0 Å². The van der Waals surface area contributed by atoms with Crippen molar-refractivity contribution in [1.82, 2.24) is 9.88 Å². The van der Waals surface area contributed by atoms with E-state index in [2.05, 4.69) is 15.2 Å². The number of nitrogens with two attached hydrogens (primary N) is 1. The van der Waals surface area contributed by atoms with Gasteiger partial charge in [-0.3, -0.25) is 9.78 Å². The van der Waals surface area contributed by atoms with Gasteiger partial charge in [-0.25, -0.2) is 4.79 Å². The Bertz CT molecular complexity index is 727. The third-order valence-corrected chi connectivity index (χ3v) is 3.97. The Morgan fingerprint density at radius 2 is 1.75 bits per heavy atom. The van der Waals surface area contributed by atoms with Crippen molar-refractivity contribution in [3.8, 4) is 0 Å². The van der Waals surface area contributed by atoms with Gasteiger partial charge in [-0.2, -0.15) is 0 Å². The number of rotatable bonds is 3. The van der Waals surface area contributed by atoms with Crippen LogP contribution in [0.2, 0.25) is 0 Å². The summed E-state index contributed by atoms with van der Waals surface area (Å²) in [5.41, 5.74) is 7.28. The van der Waals surface area contributed by atoms with E-state index in [1.54, 1.807) is 36.7 Å². The van der Waals surface area contributed by atoms with Gasteiger partial charge in [0.2, 0.25) is 0 Å². The number of carbonyl (C=O) groups excluding carboxylic acids is 2. The summed E-state index contributed by atoms with van der Waals surface area (Å²) >= 11 is 0. The topological polar surface area (TPSA) is 91.6 Å². The highest BCUT2D eigenvalue weighted by Gasteiger charge is 2.22. The van der Waals surface area contributed by atoms with Crippen LogP contribution in [0.3, 0.4) is 0 Å². The van der Waals surface area contributed by atoms with Gasteiger partial charge >= 0.3 is 6.03 Å². The molecule has 3 amide bonds. The van der Waals surface area contributed by atoms with Gasteiger partial charge in [-0.1, -0.05) is 6.07 Å². The van der Waals surface area contributed by atoms with E-state index in [-0.39, 0.29) is 5.91 Å². The number of benzene rings is 1. The van der Waals surface area contributed by atoms with Crippen molar-refractivity contribution in [2.24, 2.45) is 5.73 Å². The number of aromatic nitrogens is 1. The Kier molecular flexibility index (Phi) is 4.60. The highest BCUT2D eigenvalue weighted by Crippen LogP contribution is 2.17. The number of primary amides is 1. The number of pyridine rings is 1. The molecule has 2 heterocycles. The molecule has 7 nitrogen and oxygen atoms in total. The second kappa shape index (κ2) is 6.99. The third kappa shape index (κ3) is 3.62. The molecule has 3 rings (SSSR count). The number of piperazine rings is 1. The lowest BCUT2D eigenvalue weighted by atomic mass is 10.1. The molecule has 24 heavy (non-hydrogen) atoms. The smallest absolute Gasteiger partial charge is 0.316 e. The van der Waals surface area contributed by atoms with Gasteiger partial charge < -0.3 is 20.9 Å². The van der Waals surface area contributed by atoms with Crippen molar-refractivity contribution < 1.29 is 9.59 Å². The Morgan fingerprint density at radius 3 is 2.42 bits per heavy atom. The van der Waals surface area contributed by atoms with Crippen molar-refractivity contribution in [3.05, 3.63) is 54.4 Å². The summed E-state index contributed by atoms with van der Waals surface area (Å²) in [6.45, 7) is 2.84. The van der Waals surface area contributed by atoms with Crippen LogP contribution in [0.5, 0.6) is 0 Å². The molecule has 0 aliphatic carbocycles. The molecule has 0 saturated carbocycles. The van der Waals surface area contributed by atoms with Gasteiger partial charge in [0.25, 0.3) is 5.91 Å². The second-order valence-electron chi connectivity index (χ2n) is 5.55. The van der Waals surface area contributed by atoms with Gasteiger partial charge in [0.15, 0.2) is 0 Å². The zero-order chi connectivity index (χ0) is 16.9. The van der Waals surface area contributed by atoms with Crippen LogP contribution < -0.4 is 16.0 Å². The number of hydrogen-bond acceptors (Lipinski definition) is 4. The van der Waals surface area contributed by atoms with Gasteiger partial charge in [0.1, 0.15) is 0 Å². The van der Waals surface area contributed by atoms with Crippen LogP contribution in [0, 0.1) is 0 Å². The second-order valence-corrected chi connectivity index (χ2v) is 5.55. The molecule has 3 N–H and O–H groups in total. The molecule has 1 aromatic carbocycles. The maximum Gasteiger partial charge on any atom is 0.316 e. The molecule has 1 aliphatic heterocycles. The van der Waals surface area contributed by atoms with E-state index >= 15 is 0 Å². The molecular formula is C17H19N5O2. The van der Waals surface area contributed by atoms with Crippen LogP contribution in [-0.2, 0) is 0 Å². The molecular weight excluding hydrogens is 306 g/mol. The first kappa shape index (κ1) is 15.8. The normalized spacial score (nSPS) is 14.3. The summed E-state index contributed by atoms with van der Waals surface area (Å²) in [5, 5.41) is 2.49. The van der Waals surface area contributed by atoms with Crippen molar-refractivity contribution >= 4 is 23.3 Å². The summed E-state index contributed by atoms with van der Waals surface area (Å²) in [6, 6.07) is 10.1. The molecule has 2 aromatic rings. The van der Waals surface area contributed by atoms with Crippen LogP contribution in [0.4, 0.5) is 16.2 Å². The minimum atomic E-state index is -0.648. The molecule has 1 fully saturated rings. The van der Waals surface area contributed by atoms with E-state index in [4.69, 9.17) is 5.73 Å². The largest absolute Gasteiger partial charge is 0.368 e. The van der Waals surface area contributed by atoms with Gasteiger partial charge in [-0.05, 0) is 30.3 Å². The lowest BCUT2D eigenvalue weighted by molar-refractivity contribution is 0.0747. The Morgan fingerprint density at radius 1 is 1.04 bits per heavy atom. The fraction of sp³-hybridized carbons (Fsp3) is 0.235. The molecule has 0 bridgehead atoms. The van der Waals surface area contributed by atoms with Crippen LogP contribution in [0.1, 0.15) is 10.4 Å². The average molecular weight is 325 g/mol. The Labute approximate surface area is 140 Å². The number of hydrogen-bond donors (Lipinski definition) is 2.